The number of aliphatic carboxylic acids is 1. The molecule has 0 bridgehead atoms. The zero-order valence-electron chi connectivity index (χ0n) is 10.5. The first kappa shape index (κ1) is 14.5. The van der Waals surface area contributed by atoms with Gasteiger partial charge in [-0.05, 0) is 23.4 Å². The van der Waals surface area contributed by atoms with Gasteiger partial charge in [0.25, 0.3) is 0 Å². The quantitative estimate of drug-likeness (QED) is 0.876. The van der Waals surface area contributed by atoms with Crippen LogP contribution in [0.15, 0.2) is 35.1 Å². The number of halogens is 1. The lowest BCUT2D eigenvalue weighted by Crippen LogP contribution is -2.22. The molecule has 6 heteroatoms. The molecule has 1 atom stereocenters. The smallest absolute Gasteiger partial charge is 0.303 e. The van der Waals surface area contributed by atoms with E-state index in [0.717, 1.165) is 15.2 Å². The molecule has 0 saturated heterocycles. The second-order valence-corrected chi connectivity index (χ2v) is 5.31. The fourth-order valence-corrected chi connectivity index (χ4v) is 2.65. The largest absolute Gasteiger partial charge is 0.481 e. The minimum absolute atomic E-state index is 0.113. The van der Waals surface area contributed by atoms with Crippen LogP contribution in [0.25, 0.3) is 10.8 Å². The Morgan fingerprint density at radius 3 is 2.70 bits per heavy atom. The summed E-state index contributed by atoms with van der Waals surface area (Å²) in [5.41, 5.74) is 6.08. The summed E-state index contributed by atoms with van der Waals surface area (Å²) in [6.07, 6.45) is 3.32. The number of carbonyl (C=O) groups is 2. The van der Waals surface area contributed by atoms with Gasteiger partial charge in [0.2, 0.25) is 5.91 Å². The number of pyridine rings is 1. The first-order chi connectivity index (χ1) is 9.50. The molecule has 1 aromatic carbocycles. The molecule has 0 aliphatic rings. The van der Waals surface area contributed by atoms with Gasteiger partial charge in [0, 0.05) is 28.7 Å². The number of amides is 1. The van der Waals surface area contributed by atoms with Gasteiger partial charge in [-0.2, -0.15) is 0 Å². The highest BCUT2D eigenvalue weighted by molar-refractivity contribution is 9.10. The summed E-state index contributed by atoms with van der Waals surface area (Å²) in [7, 11) is 0. The van der Waals surface area contributed by atoms with E-state index < -0.39 is 17.8 Å². The van der Waals surface area contributed by atoms with Crippen molar-refractivity contribution in [2.45, 2.75) is 18.8 Å². The molecule has 5 nitrogen and oxygen atoms in total. The summed E-state index contributed by atoms with van der Waals surface area (Å²) in [5.74, 6) is -2.15. The summed E-state index contributed by atoms with van der Waals surface area (Å²) >= 11 is 3.43. The number of fused-ring (bicyclic) bond motifs is 1. The SMILES string of the molecule is NC(=O)C(CCC(=O)O)c1cncc2c(Br)cccc12. The summed E-state index contributed by atoms with van der Waals surface area (Å²) in [6, 6.07) is 5.60. The van der Waals surface area contributed by atoms with E-state index in [1.807, 2.05) is 18.2 Å². The Bertz CT molecular complexity index is 673. The molecule has 1 unspecified atom stereocenters. The Hall–Kier alpha value is -1.95. The molecule has 0 saturated carbocycles. The molecule has 0 fully saturated rings. The maximum atomic E-state index is 11.6. The fraction of sp³-hybridized carbons (Fsp3) is 0.214. The molecular formula is C14H13BrN2O3. The molecule has 20 heavy (non-hydrogen) atoms. The predicted octanol–water partition coefficient (Wildman–Crippen LogP) is 2.43. The van der Waals surface area contributed by atoms with Crippen molar-refractivity contribution in [3.8, 4) is 0 Å². The predicted molar refractivity (Wildman–Crippen MR) is 78.2 cm³/mol. The summed E-state index contributed by atoms with van der Waals surface area (Å²) < 4.78 is 0.866. The van der Waals surface area contributed by atoms with Gasteiger partial charge in [-0.15, -0.1) is 0 Å². The third-order valence-corrected chi connectivity index (χ3v) is 3.84. The number of hydrogen-bond donors (Lipinski definition) is 2. The Kier molecular flexibility index (Phi) is 4.34. The summed E-state index contributed by atoms with van der Waals surface area (Å²) in [5, 5.41) is 10.5. The number of carbonyl (C=O) groups excluding carboxylic acids is 1. The van der Waals surface area contributed by atoms with E-state index in [9.17, 15) is 9.59 Å². The first-order valence-corrected chi connectivity index (χ1v) is 6.83. The maximum absolute atomic E-state index is 11.6. The van der Waals surface area contributed by atoms with Crippen LogP contribution in [0.5, 0.6) is 0 Å². The zero-order chi connectivity index (χ0) is 14.7. The number of nitrogens with two attached hydrogens (primary N) is 1. The van der Waals surface area contributed by atoms with E-state index in [2.05, 4.69) is 20.9 Å². The van der Waals surface area contributed by atoms with E-state index in [0.29, 0.717) is 5.56 Å². The van der Waals surface area contributed by atoms with Crippen molar-refractivity contribution >= 4 is 38.6 Å². The Labute approximate surface area is 123 Å². The molecule has 0 radical (unpaired) electrons. The van der Waals surface area contributed by atoms with Gasteiger partial charge in [-0.25, -0.2) is 0 Å². The number of rotatable bonds is 5. The van der Waals surface area contributed by atoms with Gasteiger partial charge >= 0.3 is 5.97 Å². The van der Waals surface area contributed by atoms with Gasteiger partial charge in [-0.3, -0.25) is 14.6 Å². The van der Waals surface area contributed by atoms with Crippen LogP contribution in [0.2, 0.25) is 0 Å². The van der Waals surface area contributed by atoms with Gasteiger partial charge < -0.3 is 10.8 Å². The van der Waals surface area contributed by atoms with Crippen LogP contribution in [-0.2, 0) is 9.59 Å². The number of primary amides is 1. The topological polar surface area (TPSA) is 93.3 Å². The van der Waals surface area contributed by atoms with Crippen LogP contribution in [0, 0.1) is 0 Å². The lowest BCUT2D eigenvalue weighted by molar-refractivity contribution is -0.137. The number of carboxylic acids is 1. The molecule has 0 aliphatic carbocycles. The van der Waals surface area contributed by atoms with Crippen molar-refractivity contribution in [2.75, 3.05) is 0 Å². The van der Waals surface area contributed by atoms with Crippen molar-refractivity contribution in [1.29, 1.82) is 0 Å². The molecule has 1 aromatic heterocycles. The first-order valence-electron chi connectivity index (χ1n) is 6.04. The van der Waals surface area contributed by atoms with E-state index in [4.69, 9.17) is 10.8 Å². The molecule has 1 heterocycles. The molecule has 2 aromatic rings. The fourth-order valence-electron chi connectivity index (χ4n) is 2.18. The van der Waals surface area contributed by atoms with Gasteiger partial charge in [0.15, 0.2) is 0 Å². The van der Waals surface area contributed by atoms with Gasteiger partial charge in [-0.1, -0.05) is 28.1 Å². The lowest BCUT2D eigenvalue weighted by Gasteiger charge is -2.15. The number of benzene rings is 1. The number of nitrogens with zero attached hydrogens (tertiary/aromatic N) is 1. The third kappa shape index (κ3) is 2.96. The van der Waals surface area contributed by atoms with Crippen molar-refractivity contribution in [2.24, 2.45) is 5.73 Å². The van der Waals surface area contributed by atoms with Crippen LogP contribution in [0.1, 0.15) is 24.3 Å². The highest BCUT2D eigenvalue weighted by Gasteiger charge is 2.21. The van der Waals surface area contributed by atoms with E-state index >= 15 is 0 Å². The summed E-state index contributed by atoms with van der Waals surface area (Å²) in [4.78, 5) is 26.4. The van der Waals surface area contributed by atoms with Gasteiger partial charge in [0.1, 0.15) is 0 Å². The summed E-state index contributed by atoms with van der Waals surface area (Å²) in [6.45, 7) is 0. The normalized spacial score (nSPS) is 12.2. The monoisotopic (exact) mass is 336 g/mol. The molecular weight excluding hydrogens is 324 g/mol. The third-order valence-electron chi connectivity index (χ3n) is 3.15. The lowest BCUT2D eigenvalue weighted by atomic mass is 9.91. The van der Waals surface area contributed by atoms with Crippen molar-refractivity contribution in [3.05, 3.63) is 40.6 Å². The Morgan fingerprint density at radius 1 is 1.30 bits per heavy atom. The minimum Gasteiger partial charge on any atom is -0.481 e. The van der Waals surface area contributed by atoms with E-state index in [1.165, 1.54) is 0 Å². The van der Waals surface area contributed by atoms with Crippen LogP contribution in [0.3, 0.4) is 0 Å². The molecule has 3 N–H and O–H groups in total. The molecule has 104 valence electrons. The second-order valence-electron chi connectivity index (χ2n) is 4.45. The molecule has 1 amide bonds. The van der Waals surface area contributed by atoms with Crippen LogP contribution in [0.4, 0.5) is 0 Å². The van der Waals surface area contributed by atoms with Crippen molar-refractivity contribution in [1.82, 2.24) is 4.98 Å². The molecule has 0 spiro atoms. The number of aromatic nitrogens is 1. The average Bonchev–Trinajstić information content (AvgIpc) is 2.39. The average molecular weight is 337 g/mol. The molecule has 0 aliphatic heterocycles. The maximum Gasteiger partial charge on any atom is 0.303 e. The minimum atomic E-state index is -0.953. The van der Waals surface area contributed by atoms with Crippen molar-refractivity contribution in [3.63, 3.8) is 0 Å². The standard InChI is InChI=1S/C14H13BrN2O3/c15-12-3-1-2-8-10(6-17-7-11(8)12)9(14(16)20)4-5-13(18)19/h1-3,6-7,9H,4-5H2,(H2,16,20)(H,18,19). The Morgan fingerprint density at radius 2 is 2.05 bits per heavy atom. The number of carboxylic acid groups (broad SMARTS) is 1. The highest BCUT2D eigenvalue weighted by atomic mass is 79.9. The van der Waals surface area contributed by atoms with Gasteiger partial charge in [0.05, 0.1) is 5.92 Å². The van der Waals surface area contributed by atoms with E-state index in [-0.39, 0.29) is 12.8 Å². The van der Waals surface area contributed by atoms with Crippen LogP contribution >= 0.6 is 15.9 Å². The van der Waals surface area contributed by atoms with Crippen LogP contribution in [-0.4, -0.2) is 22.0 Å². The van der Waals surface area contributed by atoms with Crippen molar-refractivity contribution < 1.29 is 14.7 Å². The van der Waals surface area contributed by atoms with E-state index in [1.54, 1.807) is 12.4 Å². The van der Waals surface area contributed by atoms with Crippen LogP contribution < -0.4 is 5.73 Å². The molecule has 2 rings (SSSR count). The highest BCUT2D eigenvalue weighted by Crippen LogP contribution is 2.31. The zero-order valence-corrected chi connectivity index (χ0v) is 12.1. The second kappa shape index (κ2) is 6.00. The Balaban J connectivity index is 2.51. The number of hydrogen-bond acceptors (Lipinski definition) is 3.